The highest BCUT2D eigenvalue weighted by molar-refractivity contribution is 9.10. The Morgan fingerprint density at radius 3 is 2.81 bits per heavy atom. The molecule has 0 radical (unpaired) electrons. The van der Waals surface area contributed by atoms with Crippen molar-refractivity contribution >= 4 is 32.4 Å². The molecule has 0 amide bonds. The molecule has 3 aromatic rings. The van der Waals surface area contributed by atoms with Crippen molar-refractivity contribution in [3.8, 4) is 6.07 Å². The minimum absolute atomic E-state index is 0.0179. The van der Waals surface area contributed by atoms with Crippen LogP contribution in [-0.4, -0.2) is 16.7 Å². The molecule has 2 atom stereocenters. The van der Waals surface area contributed by atoms with E-state index in [9.17, 15) is 5.26 Å². The van der Waals surface area contributed by atoms with Crippen molar-refractivity contribution in [3.05, 3.63) is 74.7 Å². The maximum Gasteiger partial charge on any atom is 0.205 e. The van der Waals surface area contributed by atoms with E-state index < -0.39 is 0 Å². The number of rotatable bonds is 4. The first-order valence-electron chi connectivity index (χ1n) is 8.37. The van der Waals surface area contributed by atoms with E-state index >= 15 is 0 Å². The molecule has 0 aliphatic heterocycles. The van der Waals surface area contributed by atoms with Gasteiger partial charge in [0, 0.05) is 16.9 Å². The van der Waals surface area contributed by atoms with Crippen LogP contribution in [0.15, 0.2) is 52.4 Å². The molecule has 1 aliphatic rings. The Hall–Kier alpha value is -2.23. The highest BCUT2D eigenvalue weighted by atomic mass is 79.9. The van der Waals surface area contributed by atoms with E-state index in [0.29, 0.717) is 5.56 Å². The van der Waals surface area contributed by atoms with Crippen molar-refractivity contribution in [2.75, 3.05) is 11.9 Å². The smallest absolute Gasteiger partial charge is 0.205 e. The second-order valence-electron chi connectivity index (χ2n) is 6.94. The van der Waals surface area contributed by atoms with E-state index in [1.165, 1.54) is 28.0 Å². The van der Waals surface area contributed by atoms with Gasteiger partial charge in [0.05, 0.1) is 11.6 Å². The van der Waals surface area contributed by atoms with Crippen molar-refractivity contribution in [2.24, 2.45) is 5.41 Å². The monoisotopic (exact) mass is 424 g/mol. The van der Waals surface area contributed by atoms with Crippen molar-refractivity contribution in [1.29, 1.82) is 5.26 Å². The first kappa shape index (κ1) is 17.2. The molecule has 130 valence electrons. The van der Waals surface area contributed by atoms with Crippen LogP contribution < -0.4 is 5.32 Å². The lowest BCUT2D eigenvalue weighted by atomic mass is 9.74. The highest BCUT2D eigenvalue weighted by Gasteiger charge is 2.43. The summed E-state index contributed by atoms with van der Waals surface area (Å²) in [6, 6.07) is 16.9. The second kappa shape index (κ2) is 6.82. The molecule has 0 saturated carbocycles. The molecule has 4 rings (SSSR count). The Morgan fingerprint density at radius 2 is 2.12 bits per heavy atom. The SMILES string of the molecule is C[C@@]1(CNc2nncs2)Cc2ccc(C#N)cc2[C@@H]1c1ccc(Br)cc1. The van der Waals surface area contributed by atoms with E-state index in [2.05, 4.69) is 80.8 Å². The van der Waals surface area contributed by atoms with Gasteiger partial charge >= 0.3 is 0 Å². The number of nitriles is 1. The number of nitrogens with one attached hydrogen (secondary N) is 1. The van der Waals surface area contributed by atoms with E-state index in [1.807, 2.05) is 6.07 Å². The molecule has 1 N–H and O–H groups in total. The Balaban J connectivity index is 1.75. The molecular formula is C20H17BrN4S. The average molecular weight is 425 g/mol. The minimum atomic E-state index is -0.0179. The van der Waals surface area contributed by atoms with Crippen LogP contribution in [0.5, 0.6) is 0 Å². The van der Waals surface area contributed by atoms with Gasteiger partial charge in [0.2, 0.25) is 5.13 Å². The number of anilines is 1. The first-order chi connectivity index (χ1) is 12.6. The van der Waals surface area contributed by atoms with Gasteiger partial charge in [-0.1, -0.05) is 52.4 Å². The summed E-state index contributed by atoms with van der Waals surface area (Å²) < 4.78 is 1.07. The molecular weight excluding hydrogens is 408 g/mol. The number of hydrogen-bond acceptors (Lipinski definition) is 5. The van der Waals surface area contributed by atoms with Crippen LogP contribution in [0.1, 0.15) is 35.1 Å². The van der Waals surface area contributed by atoms with Gasteiger partial charge in [-0.05, 0) is 52.8 Å². The molecule has 4 nitrogen and oxygen atoms in total. The van der Waals surface area contributed by atoms with Crippen LogP contribution in [-0.2, 0) is 6.42 Å². The maximum atomic E-state index is 9.34. The number of halogens is 1. The van der Waals surface area contributed by atoms with E-state index in [0.717, 1.165) is 22.6 Å². The zero-order chi connectivity index (χ0) is 18.1. The van der Waals surface area contributed by atoms with Gasteiger partial charge < -0.3 is 5.32 Å². The van der Waals surface area contributed by atoms with E-state index in [1.54, 1.807) is 5.51 Å². The molecule has 26 heavy (non-hydrogen) atoms. The van der Waals surface area contributed by atoms with E-state index in [-0.39, 0.29) is 11.3 Å². The van der Waals surface area contributed by atoms with Crippen LogP contribution in [0, 0.1) is 16.7 Å². The predicted molar refractivity (Wildman–Crippen MR) is 107 cm³/mol. The van der Waals surface area contributed by atoms with E-state index in [4.69, 9.17) is 0 Å². The summed E-state index contributed by atoms with van der Waals surface area (Å²) in [5, 5.41) is 21.6. The third-order valence-corrected chi connectivity index (χ3v) is 6.26. The third-order valence-electron chi connectivity index (χ3n) is 5.08. The lowest BCUT2D eigenvalue weighted by Gasteiger charge is -2.33. The summed E-state index contributed by atoms with van der Waals surface area (Å²) in [6.45, 7) is 3.10. The van der Waals surface area contributed by atoms with Gasteiger partial charge in [-0.25, -0.2) is 0 Å². The molecule has 6 heteroatoms. The quantitative estimate of drug-likeness (QED) is 0.641. The van der Waals surface area contributed by atoms with Crippen molar-refractivity contribution < 1.29 is 0 Å². The molecule has 0 fully saturated rings. The van der Waals surface area contributed by atoms with Gasteiger partial charge in [-0.2, -0.15) is 5.26 Å². The van der Waals surface area contributed by atoms with Gasteiger partial charge in [0.1, 0.15) is 5.51 Å². The van der Waals surface area contributed by atoms with Crippen LogP contribution in [0.4, 0.5) is 5.13 Å². The third kappa shape index (κ3) is 3.13. The number of benzene rings is 2. The molecule has 1 aliphatic carbocycles. The fourth-order valence-electron chi connectivity index (χ4n) is 3.94. The molecule has 0 bridgehead atoms. The lowest BCUT2D eigenvalue weighted by Crippen LogP contribution is -2.31. The normalized spacial score (nSPS) is 21.2. The summed E-state index contributed by atoms with van der Waals surface area (Å²) in [6.07, 6.45) is 0.959. The molecule has 0 saturated heterocycles. The van der Waals surface area contributed by atoms with Crippen molar-refractivity contribution in [1.82, 2.24) is 10.2 Å². The molecule has 0 spiro atoms. The molecule has 0 unspecified atom stereocenters. The number of aromatic nitrogens is 2. The Labute approximate surface area is 165 Å². The van der Waals surface area contributed by atoms with Crippen LogP contribution in [0.25, 0.3) is 0 Å². The predicted octanol–water partition coefficient (Wildman–Crippen LogP) is 4.98. The van der Waals surface area contributed by atoms with Gasteiger partial charge in [-0.3, -0.25) is 0 Å². The van der Waals surface area contributed by atoms with Gasteiger partial charge in [-0.15, -0.1) is 10.2 Å². The molecule has 2 aromatic carbocycles. The average Bonchev–Trinajstić information content (AvgIpc) is 3.26. The fraction of sp³-hybridized carbons (Fsp3) is 0.250. The van der Waals surface area contributed by atoms with Crippen LogP contribution in [0.3, 0.4) is 0 Å². The highest BCUT2D eigenvalue weighted by Crippen LogP contribution is 2.51. The first-order valence-corrected chi connectivity index (χ1v) is 10.0. The minimum Gasteiger partial charge on any atom is -0.359 e. The lowest BCUT2D eigenvalue weighted by molar-refractivity contribution is 0.329. The maximum absolute atomic E-state index is 9.34. The summed E-state index contributed by atoms with van der Waals surface area (Å²) in [5.41, 5.74) is 6.28. The van der Waals surface area contributed by atoms with Gasteiger partial charge in [0.15, 0.2) is 0 Å². The zero-order valence-corrected chi connectivity index (χ0v) is 16.6. The zero-order valence-electron chi connectivity index (χ0n) is 14.2. The summed E-state index contributed by atoms with van der Waals surface area (Å²) in [4.78, 5) is 0. The number of fused-ring (bicyclic) bond motifs is 1. The summed E-state index contributed by atoms with van der Waals surface area (Å²) in [5.74, 6) is 0.222. The number of hydrogen-bond donors (Lipinski definition) is 1. The number of nitrogens with zero attached hydrogens (tertiary/aromatic N) is 3. The summed E-state index contributed by atoms with van der Waals surface area (Å²) in [7, 11) is 0. The van der Waals surface area contributed by atoms with Crippen LogP contribution in [0.2, 0.25) is 0 Å². The Bertz CT molecular complexity index is 962. The Morgan fingerprint density at radius 1 is 1.31 bits per heavy atom. The second-order valence-corrected chi connectivity index (χ2v) is 8.69. The van der Waals surface area contributed by atoms with Gasteiger partial charge in [0.25, 0.3) is 0 Å². The fourth-order valence-corrected chi connectivity index (χ4v) is 4.64. The van der Waals surface area contributed by atoms with Crippen molar-refractivity contribution in [3.63, 3.8) is 0 Å². The topological polar surface area (TPSA) is 61.6 Å². The molecule has 1 aromatic heterocycles. The van der Waals surface area contributed by atoms with Crippen molar-refractivity contribution in [2.45, 2.75) is 19.3 Å². The largest absolute Gasteiger partial charge is 0.359 e. The Kier molecular flexibility index (Phi) is 4.51. The van der Waals surface area contributed by atoms with Crippen LogP contribution >= 0.6 is 27.3 Å². The summed E-state index contributed by atoms with van der Waals surface area (Å²) >= 11 is 5.04. The molecule has 1 heterocycles. The standard InChI is InChI=1S/C20H17BrN4S/c1-20(11-23-19-25-24-12-26-19)9-15-3-2-13(10-22)8-17(15)18(20)14-4-6-16(21)7-5-14/h2-8,12,18H,9,11H2,1H3,(H,23,25)/t18-,20-/m0/s1.